The maximum atomic E-state index is 2.98. The molecule has 77 heavy (non-hydrogen) atoms. The Morgan fingerprint density at radius 2 is 0.740 bits per heavy atom. The molecular weight excluding hydrogens is 930 g/mol. The Kier molecular flexibility index (Phi) is 7.04. The molecule has 376 valence electrons. The topological polar surface area (TPSA) is 9.72 Å². The molecule has 0 N–H and O–H groups in total. The molecule has 4 heteroatoms. The number of anilines is 9. The highest BCUT2D eigenvalue weighted by Crippen LogP contribution is 2.85. The zero-order valence-corrected chi connectivity index (χ0v) is 44.3. The molecule has 12 saturated carbocycles. The molecule has 17 aliphatic rings. The van der Waals surface area contributed by atoms with Crippen LogP contribution in [0.25, 0.3) is 0 Å². The van der Waals surface area contributed by atoms with Gasteiger partial charge in [-0.3, -0.25) is 0 Å². The second kappa shape index (κ2) is 13.2. The predicted octanol–water partition coefficient (Wildman–Crippen LogP) is 15.4. The Labute approximate surface area is 454 Å². The van der Waals surface area contributed by atoms with E-state index in [1.807, 2.05) is 0 Å². The summed E-state index contributed by atoms with van der Waals surface area (Å²) < 4.78 is 0. The van der Waals surface area contributed by atoms with E-state index in [4.69, 9.17) is 0 Å². The lowest BCUT2D eigenvalue weighted by Gasteiger charge is -2.69. The second-order valence-corrected chi connectivity index (χ2v) is 29.3. The van der Waals surface area contributed by atoms with Crippen molar-refractivity contribution in [1.82, 2.24) is 0 Å². The molecule has 11 bridgehead atoms. The van der Waals surface area contributed by atoms with Crippen LogP contribution in [0.5, 0.6) is 0 Å². The van der Waals surface area contributed by atoms with Crippen LogP contribution in [0.3, 0.4) is 0 Å². The van der Waals surface area contributed by atoms with Gasteiger partial charge in [0.05, 0.1) is 17.1 Å². The van der Waals surface area contributed by atoms with E-state index in [0.717, 1.165) is 47.3 Å². The van der Waals surface area contributed by atoms with Gasteiger partial charge in [0.25, 0.3) is 6.71 Å². The maximum absolute atomic E-state index is 2.98. The Morgan fingerprint density at radius 1 is 0.338 bits per heavy atom. The zero-order valence-electron chi connectivity index (χ0n) is 44.3. The quantitative estimate of drug-likeness (QED) is 0.163. The fraction of sp³-hybridized carbons (Fsp3) is 0.425. The summed E-state index contributed by atoms with van der Waals surface area (Å²) >= 11 is 0. The van der Waals surface area contributed by atoms with Gasteiger partial charge in [0.2, 0.25) is 0 Å². The molecular formula is C73H66BN3. The summed E-state index contributed by atoms with van der Waals surface area (Å²) in [5.41, 5.74) is 28.9. The molecule has 7 aromatic rings. The second-order valence-electron chi connectivity index (χ2n) is 29.3. The Hall–Kier alpha value is -6.00. The van der Waals surface area contributed by atoms with E-state index in [2.05, 4.69) is 160 Å². The molecule has 12 fully saturated rings. The smallest absolute Gasteiger partial charge is 0.252 e. The molecule has 24 rings (SSSR count). The highest BCUT2D eigenvalue weighted by atomic mass is 15.2. The van der Waals surface area contributed by atoms with Crippen molar-refractivity contribution in [3.05, 3.63) is 179 Å². The number of benzene rings is 7. The summed E-state index contributed by atoms with van der Waals surface area (Å²) in [6.07, 6.45) is 21.6. The van der Waals surface area contributed by atoms with Crippen LogP contribution in [-0.2, 0) is 16.2 Å². The molecule has 7 aromatic carbocycles. The molecule has 4 spiro atoms. The van der Waals surface area contributed by atoms with Crippen LogP contribution in [0.1, 0.15) is 130 Å². The molecule has 0 aromatic heterocycles. The van der Waals surface area contributed by atoms with Gasteiger partial charge in [-0.05, 0) is 271 Å². The van der Waals surface area contributed by atoms with Crippen molar-refractivity contribution in [2.75, 3.05) is 14.7 Å². The van der Waals surface area contributed by atoms with E-state index < -0.39 is 0 Å². The van der Waals surface area contributed by atoms with Crippen LogP contribution in [0.15, 0.2) is 146 Å². The Bertz CT molecular complexity index is 3750. The third-order valence-electron chi connectivity index (χ3n) is 27.1. The fourth-order valence-electron chi connectivity index (χ4n) is 26.2. The van der Waals surface area contributed by atoms with Gasteiger partial charge >= 0.3 is 0 Å². The number of para-hydroxylation sites is 4. The standard InChI is InChI=1S/C73H66BN3/c1-3-11-50(12-4-1)75(51-13-5-2-6-14-51)52-36-61-67-62(37-52)77-60-18-10-8-16-54(60)73(63-34-44-25-45-35-64(73)70(63,38-44)39-45)58-22-20-56-66(69(58)77)74(67)65-55(72(56)48-30-42-24-43(32-48)33-49(72)31-42)19-21-57-68(65)76(61)59-17-9-7-15-53(59)71(57)46-26-40-23-41(28-46)29-47(71)27-40/h1-22,36-37,40-49,63-64H,23-35,38-39H2. The van der Waals surface area contributed by atoms with Crippen molar-refractivity contribution in [1.29, 1.82) is 0 Å². The highest BCUT2D eigenvalue weighted by molar-refractivity contribution is 7.01. The number of nitrogens with zero attached hydrogens (tertiary/aromatic N) is 3. The first kappa shape index (κ1) is 41.1. The van der Waals surface area contributed by atoms with Gasteiger partial charge in [-0.2, -0.15) is 0 Å². The summed E-state index contributed by atoms with van der Waals surface area (Å²) in [6.45, 7) is 0.188. The first-order valence-corrected chi connectivity index (χ1v) is 31.3. The highest BCUT2D eigenvalue weighted by Gasteiger charge is 2.80. The van der Waals surface area contributed by atoms with Crippen molar-refractivity contribution in [2.45, 2.75) is 113 Å². The molecule has 4 unspecified atom stereocenters. The number of fused-ring (bicyclic) bond motifs is 12. The Balaban J connectivity index is 0.914. The average molecular weight is 996 g/mol. The molecule has 5 aliphatic heterocycles. The third-order valence-corrected chi connectivity index (χ3v) is 27.1. The van der Waals surface area contributed by atoms with Gasteiger partial charge < -0.3 is 14.7 Å². The largest absolute Gasteiger partial charge is 0.311 e. The maximum Gasteiger partial charge on any atom is 0.252 e. The summed E-state index contributed by atoms with van der Waals surface area (Å²) in [4.78, 5) is 8.54. The van der Waals surface area contributed by atoms with Crippen molar-refractivity contribution < 1.29 is 0 Å². The number of rotatable bonds is 3. The summed E-state index contributed by atoms with van der Waals surface area (Å²) in [7, 11) is 0. The lowest BCUT2D eigenvalue weighted by Crippen LogP contribution is -2.73. The van der Waals surface area contributed by atoms with Crippen LogP contribution in [0, 0.1) is 76.4 Å². The summed E-state index contributed by atoms with van der Waals surface area (Å²) in [6, 6.07) is 59.9. The minimum absolute atomic E-state index is 0.0341. The van der Waals surface area contributed by atoms with E-state index in [1.54, 1.807) is 61.1 Å². The van der Waals surface area contributed by atoms with Crippen LogP contribution in [0.4, 0.5) is 51.2 Å². The molecule has 4 atom stereocenters. The van der Waals surface area contributed by atoms with Crippen LogP contribution >= 0.6 is 0 Å². The lowest BCUT2D eigenvalue weighted by atomic mass is 9.24. The van der Waals surface area contributed by atoms with Crippen molar-refractivity contribution in [3.8, 4) is 0 Å². The van der Waals surface area contributed by atoms with Crippen molar-refractivity contribution >= 4 is 74.3 Å². The van der Waals surface area contributed by atoms with Gasteiger partial charge in [-0.25, -0.2) is 0 Å². The predicted molar refractivity (Wildman–Crippen MR) is 311 cm³/mol. The third kappa shape index (κ3) is 4.25. The van der Waals surface area contributed by atoms with Crippen molar-refractivity contribution in [2.24, 2.45) is 76.4 Å². The van der Waals surface area contributed by atoms with Gasteiger partial charge in [-0.15, -0.1) is 0 Å². The monoisotopic (exact) mass is 996 g/mol. The van der Waals surface area contributed by atoms with Gasteiger partial charge in [-0.1, -0.05) is 97.1 Å². The fourth-order valence-corrected chi connectivity index (χ4v) is 26.2. The van der Waals surface area contributed by atoms with Gasteiger partial charge in [0.1, 0.15) is 0 Å². The molecule has 12 aliphatic carbocycles. The number of hydrogen-bond acceptors (Lipinski definition) is 3. The van der Waals surface area contributed by atoms with E-state index in [-0.39, 0.29) is 23.0 Å². The first-order chi connectivity index (χ1) is 38.0. The minimum Gasteiger partial charge on any atom is -0.311 e. The molecule has 3 nitrogen and oxygen atoms in total. The van der Waals surface area contributed by atoms with Gasteiger partial charge in [0, 0.05) is 50.4 Å². The first-order valence-electron chi connectivity index (χ1n) is 31.3. The Morgan fingerprint density at radius 3 is 1.23 bits per heavy atom. The van der Waals surface area contributed by atoms with Crippen LogP contribution in [-0.4, -0.2) is 6.71 Å². The average Bonchev–Trinajstić information content (AvgIpc) is 2.99. The molecule has 0 saturated heterocycles. The molecule has 0 radical (unpaired) electrons. The van der Waals surface area contributed by atoms with E-state index in [9.17, 15) is 0 Å². The normalized spacial score (nSPS) is 39.8. The molecule has 0 amide bonds. The number of hydrogen-bond donors (Lipinski definition) is 0. The summed E-state index contributed by atoms with van der Waals surface area (Å²) in [5.74, 6) is 9.70. The molecule has 5 heterocycles. The minimum atomic E-state index is 0.0341. The van der Waals surface area contributed by atoms with Crippen LogP contribution < -0.4 is 31.1 Å². The summed E-state index contributed by atoms with van der Waals surface area (Å²) in [5, 5.41) is 0. The zero-order chi connectivity index (χ0) is 49.2. The SMILES string of the molecule is c1ccc(N(c2ccccc2)c2cc3c4c(c2)N2c5ccccc5C5(c6ccc7c(c62)B4c2c(ccc4c2N3c2ccccc2C42C3CC4CC(C3)CC2C4)C72C3CC4CC(C3)CC2C4)C2CC3CC4CC5C2(C3)C4)cc1. The van der Waals surface area contributed by atoms with Crippen LogP contribution in [0.2, 0.25) is 0 Å². The van der Waals surface area contributed by atoms with E-state index in [0.29, 0.717) is 29.1 Å². The van der Waals surface area contributed by atoms with Gasteiger partial charge in [0.15, 0.2) is 0 Å². The van der Waals surface area contributed by atoms with E-state index in [1.165, 1.54) is 136 Å². The van der Waals surface area contributed by atoms with E-state index >= 15 is 0 Å². The van der Waals surface area contributed by atoms with Crippen molar-refractivity contribution in [3.63, 3.8) is 0 Å². The lowest BCUT2D eigenvalue weighted by molar-refractivity contribution is -0.0845.